The topological polar surface area (TPSA) is 49.8 Å². The second-order valence-corrected chi connectivity index (χ2v) is 5.82. The summed E-state index contributed by atoms with van der Waals surface area (Å²) in [5.41, 5.74) is 1.90. The molecule has 0 radical (unpaired) electrons. The van der Waals surface area contributed by atoms with Crippen molar-refractivity contribution in [1.29, 1.82) is 0 Å². The molecule has 2 heterocycles. The molecule has 2 saturated heterocycles. The van der Waals surface area contributed by atoms with Crippen molar-refractivity contribution in [3.8, 4) is 0 Å². The third kappa shape index (κ3) is 2.67. The van der Waals surface area contributed by atoms with Gasteiger partial charge < -0.3 is 9.47 Å². The maximum absolute atomic E-state index is 5.37. The number of ether oxygens (including phenoxy) is 2. The molecule has 4 heteroatoms. The van der Waals surface area contributed by atoms with Crippen LogP contribution in [-0.4, -0.2) is 36.8 Å². The van der Waals surface area contributed by atoms with Crippen molar-refractivity contribution in [3.05, 3.63) is 36.4 Å². The van der Waals surface area contributed by atoms with Gasteiger partial charge in [0, 0.05) is 23.2 Å². The zero-order valence-electron chi connectivity index (χ0n) is 12.6. The summed E-state index contributed by atoms with van der Waals surface area (Å²) < 4.78 is 10.7. The Bertz CT molecular complexity index is 704. The van der Waals surface area contributed by atoms with Gasteiger partial charge in [0.25, 0.3) is 0 Å². The van der Waals surface area contributed by atoms with Crippen LogP contribution in [0.25, 0.3) is 10.8 Å². The Labute approximate surface area is 129 Å². The first-order valence-corrected chi connectivity index (χ1v) is 7.63. The van der Waals surface area contributed by atoms with Crippen molar-refractivity contribution in [2.45, 2.75) is 38.3 Å². The van der Waals surface area contributed by atoms with Gasteiger partial charge in [-0.1, -0.05) is 24.3 Å². The highest BCUT2D eigenvalue weighted by atomic mass is 16.6. The van der Waals surface area contributed by atoms with Crippen LogP contribution in [0.1, 0.15) is 13.8 Å². The fourth-order valence-corrected chi connectivity index (χ4v) is 2.53. The van der Waals surface area contributed by atoms with E-state index in [0.29, 0.717) is 12.2 Å². The summed E-state index contributed by atoms with van der Waals surface area (Å²) in [7, 11) is 0. The minimum absolute atomic E-state index is 0.157. The molecular formula is C18H18N2O2. The molecule has 0 aromatic heterocycles. The van der Waals surface area contributed by atoms with Gasteiger partial charge >= 0.3 is 0 Å². The summed E-state index contributed by atoms with van der Waals surface area (Å²) >= 11 is 0. The number of nitrogens with zero attached hydrogens (tertiary/aromatic N) is 2. The standard InChI is InChI=1S/C18H18N2O2/c1-11-17(21-11)9-19-15-7-3-6-14-13(15)5-4-8-16(14)20-10-18-12(2)22-18/h3-12,17-18H,1-2H3/t11-,12-,17-,18-/m0/s1. The summed E-state index contributed by atoms with van der Waals surface area (Å²) in [4.78, 5) is 9.16. The lowest BCUT2D eigenvalue weighted by Crippen LogP contribution is -1.90. The highest BCUT2D eigenvalue weighted by Gasteiger charge is 2.32. The lowest BCUT2D eigenvalue weighted by Gasteiger charge is -2.04. The molecular weight excluding hydrogens is 276 g/mol. The molecule has 0 aliphatic carbocycles. The fraction of sp³-hybridized carbons (Fsp3) is 0.333. The van der Waals surface area contributed by atoms with Gasteiger partial charge in [-0.05, 0) is 26.0 Å². The predicted octanol–water partition coefficient (Wildman–Crippen LogP) is 3.82. The van der Waals surface area contributed by atoms with E-state index in [9.17, 15) is 0 Å². The molecule has 0 spiro atoms. The van der Waals surface area contributed by atoms with Crippen molar-refractivity contribution in [2.24, 2.45) is 9.98 Å². The molecule has 0 amide bonds. The van der Waals surface area contributed by atoms with Gasteiger partial charge in [-0.25, -0.2) is 0 Å². The molecule has 2 aromatic carbocycles. The molecule has 0 N–H and O–H groups in total. The summed E-state index contributed by atoms with van der Waals surface area (Å²) in [6.07, 6.45) is 4.67. The van der Waals surface area contributed by atoms with E-state index in [1.54, 1.807) is 0 Å². The molecule has 2 aliphatic rings. The SMILES string of the molecule is C[C@@H]1O[C@H]1C=Nc1cccc2c(N=C[C@@H]3O[C@H]3C)cccc12. The van der Waals surface area contributed by atoms with Gasteiger partial charge in [0.05, 0.1) is 23.6 Å². The average molecular weight is 294 g/mol. The largest absolute Gasteiger partial charge is 0.364 e. The Morgan fingerprint density at radius 2 is 1.18 bits per heavy atom. The molecule has 2 aliphatic heterocycles. The van der Waals surface area contributed by atoms with Crippen LogP contribution in [0.3, 0.4) is 0 Å². The molecule has 0 unspecified atom stereocenters. The second kappa shape index (κ2) is 5.30. The van der Waals surface area contributed by atoms with Crippen LogP contribution in [0.5, 0.6) is 0 Å². The van der Waals surface area contributed by atoms with Crippen molar-refractivity contribution < 1.29 is 9.47 Å². The van der Waals surface area contributed by atoms with Crippen LogP contribution in [0.2, 0.25) is 0 Å². The zero-order valence-corrected chi connectivity index (χ0v) is 12.6. The number of epoxide rings is 2. The van der Waals surface area contributed by atoms with Gasteiger partial charge in [-0.2, -0.15) is 0 Å². The first-order valence-electron chi connectivity index (χ1n) is 7.63. The Kier molecular flexibility index (Phi) is 3.28. The van der Waals surface area contributed by atoms with E-state index in [1.165, 1.54) is 0 Å². The number of rotatable bonds is 4. The predicted molar refractivity (Wildman–Crippen MR) is 88.9 cm³/mol. The molecule has 0 bridgehead atoms. The third-order valence-corrected chi connectivity index (χ3v) is 4.11. The second-order valence-electron chi connectivity index (χ2n) is 5.82. The number of benzene rings is 2. The summed E-state index contributed by atoms with van der Waals surface area (Å²) in [6, 6.07) is 12.2. The number of aliphatic imine (C=N–C) groups is 2. The van der Waals surface area contributed by atoms with E-state index >= 15 is 0 Å². The normalized spacial score (nSPS) is 30.5. The van der Waals surface area contributed by atoms with Crippen molar-refractivity contribution in [3.63, 3.8) is 0 Å². The minimum Gasteiger partial charge on any atom is -0.364 e. The maximum atomic E-state index is 5.37. The zero-order chi connectivity index (χ0) is 15.1. The van der Waals surface area contributed by atoms with E-state index < -0.39 is 0 Å². The third-order valence-electron chi connectivity index (χ3n) is 4.11. The molecule has 2 aromatic rings. The average Bonchev–Trinajstić information content (AvgIpc) is 3.42. The van der Waals surface area contributed by atoms with Crippen molar-refractivity contribution in [1.82, 2.24) is 0 Å². The van der Waals surface area contributed by atoms with Gasteiger partial charge in [0.15, 0.2) is 0 Å². The number of fused-ring (bicyclic) bond motifs is 1. The Hall–Kier alpha value is -2.04. The van der Waals surface area contributed by atoms with Gasteiger partial charge in [-0.3, -0.25) is 9.98 Å². The molecule has 4 rings (SSSR count). The van der Waals surface area contributed by atoms with Crippen LogP contribution < -0.4 is 0 Å². The van der Waals surface area contributed by atoms with E-state index in [1.807, 2.05) is 50.5 Å². The van der Waals surface area contributed by atoms with Crippen LogP contribution in [-0.2, 0) is 9.47 Å². The van der Waals surface area contributed by atoms with E-state index in [-0.39, 0.29) is 12.2 Å². The van der Waals surface area contributed by atoms with Crippen molar-refractivity contribution >= 4 is 34.6 Å². The summed E-state index contributed by atoms with van der Waals surface area (Å²) in [6.45, 7) is 4.10. The highest BCUT2D eigenvalue weighted by molar-refractivity contribution is 6.01. The van der Waals surface area contributed by atoms with Crippen LogP contribution in [0.4, 0.5) is 11.4 Å². The molecule has 112 valence electrons. The Morgan fingerprint density at radius 1 is 0.773 bits per heavy atom. The van der Waals surface area contributed by atoms with Crippen molar-refractivity contribution in [2.75, 3.05) is 0 Å². The summed E-state index contributed by atoms with van der Waals surface area (Å²) in [5.74, 6) is 0. The first-order chi connectivity index (χ1) is 10.7. The molecule has 4 atom stereocenters. The highest BCUT2D eigenvalue weighted by Crippen LogP contribution is 2.33. The Morgan fingerprint density at radius 3 is 1.55 bits per heavy atom. The number of hydrogen-bond donors (Lipinski definition) is 0. The van der Waals surface area contributed by atoms with Gasteiger partial charge in [0.1, 0.15) is 12.2 Å². The smallest absolute Gasteiger partial charge is 0.119 e. The molecule has 0 saturated carbocycles. The van der Waals surface area contributed by atoms with E-state index in [4.69, 9.17) is 9.47 Å². The van der Waals surface area contributed by atoms with Crippen LogP contribution in [0, 0.1) is 0 Å². The lowest BCUT2D eigenvalue weighted by molar-refractivity contribution is 0.408. The van der Waals surface area contributed by atoms with Crippen LogP contribution >= 0.6 is 0 Å². The van der Waals surface area contributed by atoms with Crippen LogP contribution in [0.15, 0.2) is 46.4 Å². The van der Waals surface area contributed by atoms with Gasteiger partial charge in [0.2, 0.25) is 0 Å². The maximum Gasteiger partial charge on any atom is 0.119 e. The monoisotopic (exact) mass is 294 g/mol. The van der Waals surface area contributed by atoms with Gasteiger partial charge in [-0.15, -0.1) is 0 Å². The number of hydrogen-bond acceptors (Lipinski definition) is 4. The van der Waals surface area contributed by atoms with E-state index in [0.717, 1.165) is 22.1 Å². The fourth-order valence-electron chi connectivity index (χ4n) is 2.53. The first kappa shape index (κ1) is 13.6. The quantitative estimate of drug-likeness (QED) is 0.636. The molecule has 2 fully saturated rings. The molecule has 4 nitrogen and oxygen atoms in total. The summed E-state index contributed by atoms with van der Waals surface area (Å²) in [5, 5.41) is 2.21. The lowest BCUT2D eigenvalue weighted by atomic mass is 10.1. The minimum atomic E-state index is 0.157. The van der Waals surface area contributed by atoms with E-state index in [2.05, 4.69) is 22.1 Å². The Balaban J connectivity index is 1.67. The molecule has 22 heavy (non-hydrogen) atoms.